The minimum atomic E-state index is -0.167. The van der Waals surface area contributed by atoms with E-state index >= 15 is 0 Å². The monoisotopic (exact) mass is 245 g/mol. The van der Waals surface area contributed by atoms with Crippen molar-refractivity contribution >= 4 is 0 Å². The fraction of sp³-hybridized carbons (Fsp3) is 0.357. The molecule has 4 heteroatoms. The third-order valence-electron chi connectivity index (χ3n) is 3.42. The van der Waals surface area contributed by atoms with Crippen molar-refractivity contribution in [3.63, 3.8) is 0 Å². The molecule has 1 aliphatic heterocycles. The van der Waals surface area contributed by atoms with Crippen molar-refractivity contribution in [2.45, 2.75) is 31.8 Å². The summed E-state index contributed by atoms with van der Waals surface area (Å²) in [4.78, 5) is 4.55. The van der Waals surface area contributed by atoms with Gasteiger partial charge in [0.25, 0.3) is 0 Å². The van der Waals surface area contributed by atoms with Gasteiger partial charge in [-0.2, -0.15) is 0 Å². The number of imidazole rings is 1. The van der Waals surface area contributed by atoms with Gasteiger partial charge in [0.05, 0.1) is 5.69 Å². The molecule has 1 aromatic heterocycles. The maximum absolute atomic E-state index is 13.6. The van der Waals surface area contributed by atoms with Crippen molar-refractivity contribution in [1.82, 2.24) is 9.55 Å². The van der Waals surface area contributed by atoms with Gasteiger partial charge in [-0.1, -0.05) is 18.2 Å². The normalized spacial score (nSPS) is 18.7. The SMILES string of the molecule is NC1CCn2cc(Cc3ccccc3F)nc2C1. The first-order chi connectivity index (χ1) is 8.72. The summed E-state index contributed by atoms with van der Waals surface area (Å²) in [5.74, 6) is 0.861. The van der Waals surface area contributed by atoms with Crippen LogP contribution in [0, 0.1) is 5.82 Å². The Balaban J connectivity index is 1.84. The molecule has 0 radical (unpaired) electrons. The maximum atomic E-state index is 13.6. The van der Waals surface area contributed by atoms with Crippen molar-refractivity contribution in [2.24, 2.45) is 5.73 Å². The van der Waals surface area contributed by atoms with Crippen LogP contribution >= 0.6 is 0 Å². The molecular formula is C14H16FN3. The lowest BCUT2D eigenvalue weighted by atomic mass is 10.1. The molecule has 0 saturated carbocycles. The minimum Gasteiger partial charge on any atom is -0.335 e. The van der Waals surface area contributed by atoms with Gasteiger partial charge >= 0.3 is 0 Å². The van der Waals surface area contributed by atoms with Gasteiger partial charge in [0, 0.05) is 31.6 Å². The van der Waals surface area contributed by atoms with E-state index < -0.39 is 0 Å². The number of fused-ring (bicyclic) bond motifs is 1. The van der Waals surface area contributed by atoms with Gasteiger partial charge < -0.3 is 10.3 Å². The number of hydrogen-bond donors (Lipinski definition) is 1. The molecule has 1 aromatic carbocycles. The molecule has 3 nitrogen and oxygen atoms in total. The topological polar surface area (TPSA) is 43.8 Å². The highest BCUT2D eigenvalue weighted by molar-refractivity contribution is 5.23. The molecule has 0 bridgehead atoms. The molecule has 0 amide bonds. The van der Waals surface area contributed by atoms with Crippen LogP contribution in [0.4, 0.5) is 4.39 Å². The molecule has 18 heavy (non-hydrogen) atoms. The summed E-state index contributed by atoms with van der Waals surface area (Å²) >= 11 is 0. The Kier molecular flexibility index (Phi) is 2.88. The summed E-state index contributed by atoms with van der Waals surface area (Å²) in [6.07, 6.45) is 4.37. The van der Waals surface area contributed by atoms with Crippen LogP contribution in [0.1, 0.15) is 23.5 Å². The van der Waals surface area contributed by atoms with Gasteiger partial charge in [-0.05, 0) is 18.1 Å². The average molecular weight is 245 g/mol. The number of rotatable bonds is 2. The molecule has 0 saturated heterocycles. The number of aryl methyl sites for hydroxylation is 1. The molecular weight excluding hydrogens is 229 g/mol. The van der Waals surface area contributed by atoms with Crippen molar-refractivity contribution in [3.05, 3.63) is 53.4 Å². The first kappa shape index (κ1) is 11.4. The highest BCUT2D eigenvalue weighted by atomic mass is 19.1. The highest BCUT2D eigenvalue weighted by Crippen LogP contribution is 2.17. The maximum Gasteiger partial charge on any atom is 0.126 e. The van der Waals surface area contributed by atoms with E-state index in [1.165, 1.54) is 6.07 Å². The Bertz CT molecular complexity index is 562. The Morgan fingerprint density at radius 1 is 1.39 bits per heavy atom. The van der Waals surface area contributed by atoms with Crippen molar-refractivity contribution in [2.75, 3.05) is 0 Å². The van der Waals surface area contributed by atoms with E-state index in [0.29, 0.717) is 12.0 Å². The smallest absolute Gasteiger partial charge is 0.126 e. The number of halogens is 1. The van der Waals surface area contributed by atoms with Crippen LogP contribution in [0.5, 0.6) is 0 Å². The molecule has 0 spiro atoms. The summed E-state index contributed by atoms with van der Waals surface area (Å²) in [5, 5.41) is 0. The highest BCUT2D eigenvalue weighted by Gasteiger charge is 2.18. The van der Waals surface area contributed by atoms with Gasteiger partial charge in [-0.15, -0.1) is 0 Å². The molecule has 2 heterocycles. The second-order valence-corrected chi connectivity index (χ2v) is 4.86. The van der Waals surface area contributed by atoms with Crippen LogP contribution < -0.4 is 5.73 Å². The molecule has 2 aromatic rings. The van der Waals surface area contributed by atoms with Crippen LogP contribution in [0.15, 0.2) is 30.5 Å². The molecule has 3 rings (SSSR count). The van der Waals surface area contributed by atoms with E-state index in [1.54, 1.807) is 12.1 Å². The lowest BCUT2D eigenvalue weighted by Gasteiger charge is -2.18. The largest absolute Gasteiger partial charge is 0.335 e. The van der Waals surface area contributed by atoms with Crippen LogP contribution in [0.2, 0.25) is 0 Å². The third-order valence-corrected chi connectivity index (χ3v) is 3.42. The standard InChI is InChI=1S/C14H16FN3/c15-13-4-2-1-3-10(13)7-12-9-18-6-5-11(16)8-14(18)17-12/h1-4,9,11H,5-8,16H2. The first-order valence-electron chi connectivity index (χ1n) is 6.26. The van der Waals surface area contributed by atoms with Gasteiger partial charge in [0.2, 0.25) is 0 Å². The average Bonchev–Trinajstić information content (AvgIpc) is 2.73. The zero-order chi connectivity index (χ0) is 12.5. The summed E-state index contributed by atoms with van der Waals surface area (Å²) in [7, 11) is 0. The molecule has 2 N–H and O–H groups in total. The van der Waals surface area contributed by atoms with Gasteiger partial charge in [0.1, 0.15) is 11.6 Å². The number of nitrogens with zero attached hydrogens (tertiary/aromatic N) is 2. The molecule has 0 fully saturated rings. The second kappa shape index (κ2) is 4.53. The van der Waals surface area contributed by atoms with Gasteiger partial charge in [-0.25, -0.2) is 9.37 Å². The predicted octanol–water partition coefficient (Wildman–Crippen LogP) is 1.89. The lowest BCUT2D eigenvalue weighted by molar-refractivity contribution is 0.463. The Morgan fingerprint density at radius 3 is 3.06 bits per heavy atom. The van der Waals surface area contributed by atoms with E-state index in [-0.39, 0.29) is 11.9 Å². The zero-order valence-corrected chi connectivity index (χ0v) is 10.1. The number of hydrogen-bond acceptors (Lipinski definition) is 2. The summed E-state index contributed by atoms with van der Waals surface area (Å²) in [6, 6.07) is 7.06. The van der Waals surface area contributed by atoms with E-state index in [0.717, 1.165) is 30.9 Å². The van der Waals surface area contributed by atoms with Gasteiger partial charge in [-0.3, -0.25) is 0 Å². The quantitative estimate of drug-likeness (QED) is 0.878. The lowest BCUT2D eigenvalue weighted by Crippen LogP contribution is -2.30. The summed E-state index contributed by atoms with van der Waals surface area (Å²) in [5.41, 5.74) is 7.53. The van der Waals surface area contributed by atoms with E-state index in [9.17, 15) is 4.39 Å². The minimum absolute atomic E-state index is 0.167. The Hall–Kier alpha value is -1.68. The Labute approximate surface area is 105 Å². The molecule has 1 atom stereocenters. The van der Waals surface area contributed by atoms with Gasteiger partial charge in [0.15, 0.2) is 0 Å². The van der Waals surface area contributed by atoms with Crippen molar-refractivity contribution < 1.29 is 4.39 Å². The van der Waals surface area contributed by atoms with E-state index in [2.05, 4.69) is 9.55 Å². The predicted molar refractivity (Wildman–Crippen MR) is 67.7 cm³/mol. The number of aromatic nitrogens is 2. The summed E-state index contributed by atoms with van der Waals surface area (Å²) < 4.78 is 15.7. The number of benzene rings is 1. The van der Waals surface area contributed by atoms with Crippen molar-refractivity contribution in [1.29, 1.82) is 0 Å². The molecule has 1 aliphatic rings. The first-order valence-corrected chi connectivity index (χ1v) is 6.26. The van der Waals surface area contributed by atoms with Crippen LogP contribution in [0.3, 0.4) is 0 Å². The van der Waals surface area contributed by atoms with Crippen LogP contribution in [-0.4, -0.2) is 15.6 Å². The zero-order valence-electron chi connectivity index (χ0n) is 10.1. The van der Waals surface area contributed by atoms with Crippen LogP contribution in [0.25, 0.3) is 0 Å². The van der Waals surface area contributed by atoms with E-state index in [1.807, 2.05) is 12.3 Å². The van der Waals surface area contributed by atoms with E-state index in [4.69, 9.17) is 5.73 Å². The fourth-order valence-corrected chi connectivity index (χ4v) is 2.43. The fourth-order valence-electron chi connectivity index (χ4n) is 2.43. The molecule has 1 unspecified atom stereocenters. The van der Waals surface area contributed by atoms with Crippen LogP contribution in [-0.2, 0) is 19.4 Å². The molecule has 94 valence electrons. The molecule has 0 aliphatic carbocycles. The van der Waals surface area contributed by atoms with Crippen molar-refractivity contribution in [3.8, 4) is 0 Å². The summed E-state index contributed by atoms with van der Waals surface area (Å²) in [6.45, 7) is 0.917. The third kappa shape index (κ3) is 2.16. The Morgan fingerprint density at radius 2 is 2.22 bits per heavy atom. The number of nitrogens with two attached hydrogens (primary N) is 1. The second-order valence-electron chi connectivity index (χ2n) is 4.86.